The Labute approximate surface area is 195 Å². The van der Waals surface area contributed by atoms with E-state index in [0.29, 0.717) is 19.4 Å². The molecule has 2 aliphatic rings. The van der Waals surface area contributed by atoms with E-state index >= 15 is 0 Å². The van der Waals surface area contributed by atoms with Gasteiger partial charge in [0.15, 0.2) is 0 Å². The van der Waals surface area contributed by atoms with Crippen molar-refractivity contribution in [3.63, 3.8) is 0 Å². The zero-order valence-corrected chi connectivity index (χ0v) is 19.6. The third-order valence-electron chi connectivity index (χ3n) is 6.42. The van der Waals surface area contributed by atoms with E-state index in [-0.39, 0.29) is 41.9 Å². The molecule has 33 heavy (non-hydrogen) atoms. The minimum atomic E-state index is -0.944. The second-order valence-corrected chi connectivity index (χ2v) is 9.50. The van der Waals surface area contributed by atoms with Crippen LogP contribution >= 0.6 is 0 Å². The van der Waals surface area contributed by atoms with Crippen LogP contribution in [0.25, 0.3) is 0 Å². The Morgan fingerprint density at radius 2 is 1.85 bits per heavy atom. The molecule has 1 aromatic rings. The molecule has 5 atom stereocenters. The Balaban J connectivity index is 1.63. The van der Waals surface area contributed by atoms with E-state index in [1.807, 2.05) is 44.2 Å². The number of amides is 3. The van der Waals surface area contributed by atoms with Crippen LogP contribution in [0.1, 0.15) is 57.4 Å². The maximum Gasteiger partial charge on any atom is 0.328 e. The molecule has 0 aromatic heterocycles. The van der Waals surface area contributed by atoms with E-state index in [0.717, 1.165) is 18.4 Å². The molecule has 0 unspecified atom stereocenters. The van der Waals surface area contributed by atoms with Crippen molar-refractivity contribution < 1.29 is 23.9 Å². The van der Waals surface area contributed by atoms with Gasteiger partial charge >= 0.3 is 5.97 Å². The number of carbonyl (C=O) groups is 4. The molecule has 1 aromatic carbocycles. The molecule has 180 valence electrons. The summed E-state index contributed by atoms with van der Waals surface area (Å²) in [5.41, 5.74) is 1.12. The van der Waals surface area contributed by atoms with E-state index in [9.17, 15) is 19.2 Å². The number of esters is 1. The predicted octanol–water partition coefficient (Wildman–Crippen LogP) is 1.90. The Morgan fingerprint density at radius 3 is 2.48 bits per heavy atom. The number of nitrogens with one attached hydrogen (secondary N) is 3. The van der Waals surface area contributed by atoms with Gasteiger partial charge in [-0.2, -0.15) is 0 Å². The number of hydrogen-bond donors (Lipinski definition) is 3. The van der Waals surface area contributed by atoms with Crippen molar-refractivity contribution in [2.75, 3.05) is 13.7 Å². The van der Waals surface area contributed by atoms with Crippen LogP contribution in [0.4, 0.5) is 0 Å². The lowest BCUT2D eigenvalue weighted by Gasteiger charge is -2.27. The molecule has 3 N–H and O–H groups in total. The smallest absolute Gasteiger partial charge is 0.328 e. The lowest BCUT2D eigenvalue weighted by Crippen LogP contribution is -2.53. The van der Waals surface area contributed by atoms with Crippen LogP contribution in [0.3, 0.4) is 0 Å². The number of carbonyl (C=O) groups excluding carboxylic acids is 4. The third-order valence-corrected chi connectivity index (χ3v) is 6.42. The molecule has 1 heterocycles. The van der Waals surface area contributed by atoms with E-state index in [1.165, 1.54) is 7.11 Å². The summed E-state index contributed by atoms with van der Waals surface area (Å²) in [6.45, 7) is 4.57. The highest BCUT2D eigenvalue weighted by molar-refractivity contribution is 5.92. The minimum Gasteiger partial charge on any atom is -0.467 e. The normalized spacial score (nSPS) is 23.8. The first-order valence-electron chi connectivity index (χ1n) is 11.8. The summed E-state index contributed by atoms with van der Waals surface area (Å²) in [4.78, 5) is 50.5. The van der Waals surface area contributed by atoms with Gasteiger partial charge in [-0.1, -0.05) is 44.2 Å². The van der Waals surface area contributed by atoms with Crippen LogP contribution in [-0.2, 0) is 23.9 Å². The van der Waals surface area contributed by atoms with Crippen LogP contribution in [0.2, 0.25) is 0 Å². The van der Waals surface area contributed by atoms with Crippen LogP contribution in [0.5, 0.6) is 0 Å². The van der Waals surface area contributed by atoms with Crippen LogP contribution in [-0.4, -0.2) is 49.4 Å². The largest absolute Gasteiger partial charge is 0.467 e. The van der Waals surface area contributed by atoms with E-state index in [1.54, 1.807) is 0 Å². The molecule has 1 aliphatic carbocycles. The molecule has 1 aliphatic heterocycles. The summed E-state index contributed by atoms with van der Waals surface area (Å²) >= 11 is 0. The molecule has 0 spiro atoms. The van der Waals surface area contributed by atoms with Gasteiger partial charge in [0, 0.05) is 18.4 Å². The molecule has 1 saturated carbocycles. The Hall–Kier alpha value is -2.90. The van der Waals surface area contributed by atoms with Gasteiger partial charge < -0.3 is 20.7 Å². The van der Waals surface area contributed by atoms with Gasteiger partial charge in [-0.3, -0.25) is 14.4 Å². The molecule has 8 heteroatoms. The Morgan fingerprint density at radius 1 is 1.12 bits per heavy atom. The minimum absolute atomic E-state index is 0.114. The molecule has 0 bridgehead atoms. The first-order chi connectivity index (χ1) is 15.8. The predicted molar refractivity (Wildman–Crippen MR) is 123 cm³/mol. The van der Waals surface area contributed by atoms with Gasteiger partial charge in [0.1, 0.15) is 12.1 Å². The zero-order valence-electron chi connectivity index (χ0n) is 19.6. The van der Waals surface area contributed by atoms with Gasteiger partial charge in [0.05, 0.1) is 7.11 Å². The van der Waals surface area contributed by atoms with Gasteiger partial charge in [0.25, 0.3) is 0 Å². The van der Waals surface area contributed by atoms with Crippen LogP contribution < -0.4 is 16.0 Å². The highest BCUT2D eigenvalue weighted by atomic mass is 16.5. The number of methoxy groups -OCH3 is 1. The van der Waals surface area contributed by atoms with E-state index in [4.69, 9.17) is 4.74 Å². The number of hydrogen-bond acceptors (Lipinski definition) is 5. The fourth-order valence-electron chi connectivity index (χ4n) is 4.51. The number of ether oxygens (including phenoxy) is 1. The molecule has 1 saturated heterocycles. The summed E-state index contributed by atoms with van der Waals surface area (Å²) in [6.07, 6.45) is 2.86. The zero-order chi connectivity index (χ0) is 24.0. The van der Waals surface area contributed by atoms with Gasteiger partial charge in [0.2, 0.25) is 17.7 Å². The van der Waals surface area contributed by atoms with Crippen molar-refractivity contribution in [3.05, 3.63) is 35.9 Å². The standard InChI is InChI=1S/C25H35N3O5/c1-15(2)12-20(27-23(30)19-14-18(19)16-8-5-4-6-9-16)24(31)28-21(25(32)33-3)13-17-10-7-11-26-22(17)29/h4-6,8-9,15,17-21H,7,10-14H2,1-3H3,(H,26,29)(H,27,30)(H,28,31)/t17-,18-,19+,20-,21-/m0/s1. The summed E-state index contributed by atoms with van der Waals surface area (Å²) in [5.74, 6) is -1.48. The molecule has 2 fully saturated rings. The van der Waals surface area contributed by atoms with Crippen LogP contribution in [0.15, 0.2) is 30.3 Å². The molecule has 8 nitrogen and oxygen atoms in total. The van der Waals surface area contributed by atoms with E-state index < -0.39 is 24.0 Å². The monoisotopic (exact) mass is 457 g/mol. The molecular weight excluding hydrogens is 422 g/mol. The average molecular weight is 458 g/mol. The molecular formula is C25H35N3O5. The van der Waals surface area contributed by atoms with Crippen molar-refractivity contribution in [1.82, 2.24) is 16.0 Å². The molecule has 3 amide bonds. The maximum absolute atomic E-state index is 13.1. The maximum atomic E-state index is 13.1. The Kier molecular flexibility index (Phi) is 8.47. The van der Waals surface area contributed by atoms with Crippen molar-refractivity contribution in [2.24, 2.45) is 17.8 Å². The summed E-state index contributed by atoms with van der Waals surface area (Å²) in [5, 5.41) is 8.44. The fraction of sp³-hybridized carbons (Fsp3) is 0.600. The first kappa shape index (κ1) is 24.7. The lowest BCUT2D eigenvalue weighted by atomic mass is 9.91. The quantitative estimate of drug-likeness (QED) is 0.465. The summed E-state index contributed by atoms with van der Waals surface area (Å²) in [7, 11) is 1.26. The van der Waals surface area contributed by atoms with E-state index in [2.05, 4.69) is 16.0 Å². The highest BCUT2D eigenvalue weighted by Crippen LogP contribution is 2.47. The first-order valence-corrected chi connectivity index (χ1v) is 11.8. The number of rotatable bonds is 10. The topological polar surface area (TPSA) is 114 Å². The second kappa shape index (κ2) is 11.3. The summed E-state index contributed by atoms with van der Waals surface area (Å²) < 4.78 is 4.87. The average Bonchev–Trinajstić information content (AvgIpc) is 3.60. The number of piperidine rings is 1. The Bertz CT molecular complexity index is 857. The van der Waals surface area contributed by atoms with Gasteiger partial charge in [-0.25, -0.2) is 4.79 Å². The third kappa shape index (κ3) is 6.79. The highest BCUT2D eigenvalue weighted by Gasteiger charge is 2.45. The SMILES string of the molecule is COC(=O)[C@H](C[C@@H]1CCCNC1=O)NC(=O)[C@H](CC(C)C)NC(=O)[C@@H]1C[C@H]1c1ccccc1. The number of benzene rings is 1. The second-order valence-electron chi connectivity index (χ2n) is 9.50. The lowest BCUT2D eigenvalue weighted by molar-refractivity contribution is -0.146. The van der Waals surface area contributed by atoms with Crippen molar-refractivity contribution in [1.29, 1.82) is 0 Å². The molecule has 3 rings (SSSR count). The van der Waals surface area contributed by atoms with Crippen molar-refractivity contribution in [2.45, 2.75) is 64.0 Å². The van der Waals surface area contributed by atoms with Crippen molar-refractivity contribution >= 4 is 23.7 Å². The van der Waals surface area contributed by atoms with Crippen molar-refractivity contribution in [3.8, 4) is 0 Å². The van der Waals surface area contributed by atoms with Gasteiger partial charge in [-0.05, 0) is 49.5 Å². The fourth-order valence-corrected chi connectivity index (χ4v) is 4.51. The molecule has 0 radical (unpaired) electrons. The van der Waals surface area contributed by atoms with Gasteiger partial charge in [-0.15, -0.1) is 0 Å². The van der Waals surface area contributed by atoms with Crippen LogP contribution in [0, 0.1) is 17.8 Å². The summed E-state index contributed by atoms with van der Waals surface area (Å²) in [6, 6.07) is 8.17.